The normalized spacial score (nSPS) is 16.1. The lowest BCUT2D eigenvalue weighted by atomic mass is 10.0. The molecule has 3 aromatic rings. The summed E-state index contributed by atoms with van der Waals surface area (Å²) in [4.78, 5) is 12.5. The zero-order chi connectivity index (χ0) is 24.2. The summed E-state index contributed by atoms with van der Waals surface area (Å²) in [6.07, 6.45) is 0.930. The fourth-order valence-corrected chi connectivity index (χ4v) is 4.12. The predicted molar refractivity (Wildman–Crippen MR) is 125 cm³/mol. The van der Waals surface area contributed by atoms with Crippen molar-refractivity contribution in [1.82, 2.24) is 15.1 Å². The molecule has 1 aliphatic rings. The van der Waals surface area contributed by atoms with Gasteiger partial charge in [0.15, 0.2) is 0 Å². The number of carbonyl (C=O) groups excluding carboxylic acids is 1. The van der Waals surface area contributed by atoms with E-state index in [1.54, 1.807) is 4.68 Å². The molecule has 0 saturated carbocycles. The minimum absolute atomic E-state index is 0.0117. The van der Waals surface area contributed by atoms with Gasteiger partial charge in [0.25, 0.3) is 5.91 Å². The molecule has 2 aromatic carbocycles. The maximum atomic E-state index is 13.6. The second kappa shape index (κ2) is 9.93. The van der Waals surface area contributed by atoms with Gasteiger partial charge in [-0.1, -0.05) is 24.3 Å². The topological polar surface area (TPSA) is 115 Å². The summed E-state index contributed by atoms with van der Waals surface area (Å²) >= 11 is 0. The van der Waals surface area contributed by atoms with E-state index in [9.17, 15) is 14.4 Å². The Morgan fingerprint density at radius 2 is 2.15 bits per heavy atom. The number of benzene rings is 2. The Morgan fingerprint density at radius 3 is 2.79 bits per heavy atom. The van der Waals surface area contributed by atoms with E-state index in [-0.39, 0.29) is 18.2 Å². The van der Waals surface area contributed by atoms with E-state index < -0.39 is 11.7 Å². The van der Waals surface area contributed by atoms with Crippen LogP contribution >= 0.6 is 0 Å². The Balaban J connectivity index is 1.50. The fraction of sp³-hybridized carbons (Fsp3) is 0.320. The lowest BCUT2D eigenvalue weighted by Gasteiger charge is -2.19. The van der Waals surface area contributed by atoms with Crippen LogP contribution in [0.15, 0.2) is 42.5 Å². The number of amides is 1. The standard InChI is InChI=1S/C25H26FN5O3/c1-15(18-9-10-34-14-18)31-24(28)21(12-27)23(30-31)17-5-3-16(4-6-17)13-29-25(32)20-11-19(26)7-8-22(20)33-2/h3-8,11,15,18H,9-10,13-14,28H2,1-2H3,(H,29,32). The number of methoxy groups -OCH3 is 1. The number of nitrogens with one attached hydrogen (secondary N) is 1. The largest absolute Gasteiger partial charge is 0.496 e. The van der Waals surface area contributed by atoms with E-state index in [1.165, 1.54) is 19.2 Å². The van der Waals surface area contributed by atoms with Crippen molar-refractivity contribution >= 4 is 11.7 Å². The molecule has 1 saturated heterocycles. The summed E-state index contributed by atoms with van der Waals surface area (Å²) in [6.45, 7) is 3.64. The van der Waals surface area contributed by atoms with Crippen LogP contribution in [-0.2, 0) is 11.3 Å². The van der Waals surface area contributed by atoms with Gasteiger partial charge in [-0.2, -0.15) is 10.4 Å². The van der Waals surface area contributed by atoms with Gasteiger partial charge in [-0.3, -0.25) is 4.79 Å². The van der Waals surface area contributed by atoms with Crippen LogP contribution in [0, 0.1) is 23.1 Å². The van der Waals surface area contributed by atoms with E-state index >= 15 is 0 Å². The molecular formula is C25H26FN5O3. The van der Waals surface area contributed by atoms with Crippen molar-refractivity contribution in [3.05, 3.63) is 65.0 Å². The van der Waals surface area contributed by atoms with Crippen LogP contribution < -0.4 is 15.8 Å². The Bertz CT molecular complexity index is 1230. The number of rotatable bonds is 7. The van der Waals surface area contributed by atoms with Gasteiger partial charge >= 0.3 is 0 Å². The summed E-state index contributed by atoms with van der Waals surface area (Å²) in [6, 6.07) is 13.3. The smallest absolute Gasteiger partial charge is 0.255 e. The van der Waals surface area contributed by atoms with Crippen LogP contribution in [0.4, 0.5) is 10.2 Å². The van der Waals surface area contributed by atoms with Gasteiger partial charge in [-0.15, -0.1) is 0 Å². The molecule has 2 unspecified atom stereocenters. The highest BCUT2D eigenvalue weighted by Crippen LogP contribution is 2.33. The Labute approximate surface area is 197 Å². The Kier molecular flexibility index (Phi) is 6.80. The van der Waals surface area contributed by atoms with E-state index in [2.05, 4.69) is 16.5 Å². The van der Waals surface area contributed by atoms with Crippen molar-refractivity contribution in [2.75, 3.05) is 26.1 Å². The molecule has 0 aliphatic carbocycles. The zero-order valence-corrected chi connectivity index (χ0v) is 19.0. The number of carbonyl (C=O) groups is 1. The lowest BCUT2D eigenvalue weighted by molar-refractivity contribution is 0.0947. The van der Waals surface area contributed by atoms with Crippen LogP contribution in [-0.4, -0.2) is 36.0 Å². The maximum absolute atomic E-state index is 13.6. The van der Waals surface area contributed by atoms with Gasteiger partial charge in [0.2, 0.25) is 0 Å². The Morgan fingerprint density at radius 1 is 1.38 bits per heavy atom. The second-order valence-electron chi connectivity index (χ2n) is 8.25. The number of nitrogens with two attached hydrogens (primary N) is 1. The molecule has 1 aromatic heterocycles. The molecule has 0 bridgehead atoms. The number of aromatic nitrogens is 2. The van der Waals surface area contributed by atoms with E-state index in [0.717, 1.165) is 30.2 Å². The SMILES string of the molecule is COc1ccc(F)cc1C(=O)NCc1ccc(-c2nn(C(C)C3CCOC3)c(N)c2C#N)cc1. The van der Waals surface area contributed by atoms with Crippen molar-refractivity contribution in [3.63, 3.8) is 0 Å². The Hall–Kier alpha value is -3.90. The van der Waals surface area contributed by atoms with Crippen LogP contribution in [0.25, 0.3) is 11.3 Å². The number of nitrogens with zero attached hydrogens (tertiary/aromatic N) is 3. The molecule has 8 nitrogen and oxygen atoms in total. The van der Waals surface area contributed by atoms with Gasteiger partial charge < -0.3 is 20.5 Å². The lowest BCUT2D eigenvalue weighted by Crippen LogP contribution is -2.23. The van der Waals surface area contributed by atoms with Crippen molar-refractivity contribution in [3.8, 4) is 23.1 Å². The number of ether oxygens (including phenoxy) is 2. The van der Waals surface area contributed by atoms with Gasteiger partial charge in [-0.05, 0) is 37.1 Å². The third-order valence-corrected chi connectivity index (χ3v) is 6.18. The summed E-state index contributed by atoms with van der Waals surface area (Å²) in [5, 5.41) is 17.1. The molecule has 1 amide bonds. The van der Waals surface area contributed by atoms with Crippen molar-refractivity contribution in [2.24, 2.45) is 5.92 Å². The summed E-state index contributed by atoms with van der Waals surface area (Å²) in [7, 11) is 1.43. The zero-order valence-electron chi connectivity index (χ0n) is 19.0. The third-order valence-electron chi connectivity index (χ3n) is 6.18. The molecule has 2 atom stereocenters. The first-order valence-electron chi connectivity index (χ1n) is 11.0. The van der Waals surface area contributed by atoms with E-state index in [1.807, 2.05) is 31.2 Å². The van der Waals surface area contributed by atoms with Crippen molar-refractivity contribution in [1.29, 1.82) is 5.26 Å². The molecule has 4 rings (SSSR count). The molecule has 0 radical (unpaired) electrons. The first-order valence-corrected chi connectivity index (χ1v) is 11.0. The number of hydrogen-bond donors (Lipinski definition) is 2. The first kappa shape index (κ1) is 23.3. The van der Waals surface area contributed by atoms with Crippen LogP contribution in [0.3, 0.4) is 0 Å². The van der Waals surface area contributed by atoms with Gasteiger partial charge in [0.1, 0.15) is 34.7 Å². The molecule has 0 spiro atoms. The summed E-state index contributed by atoms with van der Waals surface area (Å²) in [5.41, 5.74) is 8.83. The summed E-state index contributed by atoms with van der Waals surface area (Å²) < 4.78 is 25.9. The number of halogens is 1. The van der Waals surface area contributed by atoms with Gasteiger partial charge in [0.05, 0.1) is 25.3 Å². The second-order valence-corrected chi connectivity index (χ2v) is 8.25. The minimum atomic E-state index is -0.517. The molecule has 2 heterocycles. The number of anilines is 1. The minimum Gasteiger partial charge on any atom is -0.496 e. The average Bonchev–Trinajstić information content (AvgIpc) is 3.50. The van der Waals surface area contributed by atoms with Gasteiger partial charge in [0, 0.05) is 24.6 Å². The van der Waals surface area contributed by atoms with E-state index in [0.29, 0.717) is 35.3 Å². The number of nitriles is 1. The molecule has 3 N–H and O–H groups in total. The fourth-order valence-electron chi connectivity index (χ4n) is 4.12. The van der Waals surface area contributed by atoms with Gasteiger partial charge in [-0.25, -0.2) is 9.07 Å². The molecule has 34 heavy (non-hydrogen) atoms. The number of hydrogen-bond acceptors (Lipinski definition) is 6. The number of nitrogen functional groups attached to an aromatic ring is 1. The van der Waals surface area contributed by atoms with Crippen LogP contribution in [0.2, 0.25) is 0 Å². The predicted octanol–water partition coefficient (Wildman–Crippen LogP) is 3.68. The average molecular weight is 464 g/mol. The summed E-state index contributed by atoms with van der Waals surface area (Å²) in [5.74, 6) is -0.0212. The van der Waals surface area contributed by atoms with Crippen LogP contribution in [0.5, 0.6) is 5.75 Å². The highest BCUT2D eigenvalue weighted by molar-refractivity contribution is 5.96. The molecule has 9 heteroatoms. The van der Waals surface area contributed by atoms with Crippen molar-refractivity contribution in [2.45, 2.75) is 25.9 Å². The monoisotopic (exact) mass is 463 g/mol. The third kappa shape index (κ3) is 4.58. The first-order chi connectivity index (χ1) is 16.4. The molecular weight excluding hydrogens is 437 g/mol. The molecule has 1 aliphatic heterocycles. The highest BCUT2D eigenvalue weighted by atomic mass is 19.1. The van der Waals surface area contributed by atoms with E-state index in [4.69, 9.17) is 15.2 Å². The maximum Gasteiger partial charge on any atom is 0.255 e. The molecule has 176 valence electrons. The molecule has 1 fully saturated rings. The quantitative estimate of drug-likeness (QED) is 0.552. The van der Waals surface area contributed by atoms with Crippen molar-refractivity contribution < 1.29 is 18.7 Å². The van der Waals surface area contributed by atoms with Crippen LogP contribution in [0.1, 0.15) is 40.9 Å². The highest BCUT2D eigenvalue weighted by Gasteiger charge is 2.28.